The lowest BCUT2D eigenvalue weighted by Gasteiger charge is -2.01. The molecule has 3 nitrogen and oxygen atoms in total. The highest BCUT2D eigenvalue weighted by Crippen LogP contribution is 2.23. The number of carbonyl (C=O) groups is 1. The van der Waals surface area contributed by atoms with Gasteiger partial charge in [0.25, 0.3) is 5.91 Å². The molecule has 0 fully saturated rings. The first kappa shape index (κ1) is 15.4. The number of benzene rings is 2. The standard InChI is InChI=1S/C18H10Cl2N2O/c19-14-7-5-12(16(20)9-14)6-8-18(23)22-11-13(10-21)15-3-1-2-4-17(15)22/h1-9,11H/b8-6+. The van der Waals surface area contributed by atoms with E-state index >= 15 is 0 Å². The molecule has 0 saturated carbocycles. The van der Waals surface area contributed by atoms with Crippen molar-refractivity contribution in [1.29, 1.82) is 5.26 Å². The van der Waals surface area contributed by atoms with E-state index in [-0.39, 0.29) is 5.91 Å². The minimum atomic E-state index is -0.256. The molecule has 0 aliphatic heterocycles. The molecule has 0 bridgehead atoms. The van der Waals surface area contributed by atoms with Gasteiger partial charge in [-0.1, -0.05) is 47.5 Å². The molecule has 0 N–H and O–H groups in total. The first-order valence-electron chi connectivity index (χ1n) is 6.78. The Morgan fingerprint density at radius 1 is 1.17 bits per heavy atom. The van der Waals surface area contributed by atoms with Crippen LogP contribution in [0.4, 0.5) is 0 Å². The van der Waals surface area contributed by atoms with Crippen molar-refractivity contribution in [3.8, 4) is 6.07 Å². The summed E-state index contributed by atoms with van der Waals surface area (Å²) < 4.78 is 1.45. The molecule has 0 radical (unpaired) electrons. The van der Waals surface area contributed by atoms with Crippen molar-refractivity contribution in [2.24, 2.45) is 0 Å². The van der Waals surface area contributed by atoms with Gasteiger partial charge in [0, 0.05) is 27.7 Å². The summed E-state index contributed by atoms with van der Waals surface area (Å²) in [4.78, 5) is 12.4. The molecule has 0 atom stereocenters. The molecule has 0 spiro atoms. The number of aromatic nitrogens is 1. The normalized spacial score (nSPS) is 11.0. The fourth-order valence-electron chi connectivity index (χ4n) is 2.33. The average Bonchev–Trinajstić information content (AvgIpc) is 2.93. The number of nitrogens with zero attached hydrogens (tertiary/aromatic N) is 2. The number of para-hydroxylation sites is 1. The van der Waals surface area contributed by atoms with Crippen LogP contribution in [0.2, 0.25) is 10.0 Å². The van der Waals surface area contributed by atoms with Gasteiger partial charge in [-0.3, -0.25) is 9.36 Å². The van der Waals surface area contributed by atoms with E-state index < -0.39 is 0 Å². The summed E-state index contributed by atoms with van der Waals surface area (Å²) >= 11 is 11.9. The van der Waals surface area contributed by atoms with E-state index in [1.165, 1.54) is 10.6 Å². The fraction of sp³-hybridized carbons (Fsp3) is 0. The summed E-state index contributed by atoms with van der Waals surface area (Å²) in [7, 11) is 0. The molecule has 3 rings (SSSR count). The van der Waals surface area contributed by atoms with Crippen molar-refractivity contribution in [2.45, 2.75) is 0 Å². The topological polar surface area (TPSA) is 45.8 Å². The molecule has 2 aromatic carbocycles. The van der Waals surface area contributed by atoms with Gasteiger partial charge in [-0.25, -0.2) is 0 Å². The Hall–Kier alpha value is -2.54. The second kappa shape index (κ2) is 6.29. The lowest BCUT2D eigenvalue weighted by atomic mass is 10.2. The van der Waals surface area contributed by atoms with Gasteiger partial charge in [-0.2, -0.15) is 5.26 Å². The molecule has 0 amide bonds. The van der Waals surface area contributed by atoms with Gasteiger partial charge in [-0.05, 0) is 29.8 Å². The predicted molar refractivity (Wildman–Crippen MR) is 92.8 cm³/mol. The maximum Gasteiger partial charge on any atom is 0.255 e. The third kappa shape index (κ3) is 3.00. The van der Waals surface area contributed by atoms with Crippen molar-refractivity contribution in [1.82, 2.24) is 4.57 Å². The number of carbonyl (C=O) groups excluding carboxylic acids is 1. The lowest BCUT2D eigenvalue weighted by Crippen LogP contribution is -2.05. The molecule has 23 heavy (non-hydrogen) atoms. The Morgan fingerprint density at radius 2 is 1.96 bits per heavy atom. The van der Waals surface area contributed by atoms with Crippen molar-refractivity contribution >= 4 is 46.1 Å². The molecular formula is C18H10Cl2N2O. The van der Waals surface area contributed by atoms with E-state index in [1.54, 1.807) is 36.5 Å². The van der Waals surface area contributed by atoms with Gasteiger partial charge >= 0.3 is 0 Å². The molecule has 3 aromatic rings. The van der Waals surface area contributed by atoms with Crippen LogP contribution in [-0.2, 0) is 0 Å². The highest BCUT2D eigenvalue weighted by molar-refractivity contribution is 6.35. The van der Waals surface area contributed by atoms with Gasteiger partial charge < -0.3 is 0 Å². The monoisotopic (exact) mass is 340 g/mol. The van der Waals surface area contributed by atoms with Crippen LogP contribution >= 0.6 is 23.2 Å². The summed E-state index contributed by atoms with van der Waals surface area (Å²) in [6.07, 6.45) is 4.59. The van der Waals surface area contributed by atoms with Crippen molar-refractivity contribution in [2.75, 3.05) is 0 Å². The molecule has 5 heteroatoms. The van der Waals surface area contributed by atoms with Crippen LogP contribution < -0.4 is 0 Å². The van der Waals surface area contributed by atoms with Gasteiger partial charge in [0.05, 0.1) is 11.1 Å². The smallest absolute Gasteiger partial charge is 0.255 e. The van der Waals surface area contributed by atoms with Crippen molar-refractivity contribution in [3.63, 3.8) is 0 Å². The van der Waals surface area contributed by atoms with Gasteiger partial charge in [0.1, 0.15) is 6.07 Å². The van der Waals surface area contributed by atoms with E-state index in [0.717, 1.165) is 5.39 Å². The number of halogens is 2. The Kier molecular flexibility index (Phi) is 4.20. The van der Waals surface area contributed by atoms with Crippen LogP contribution in [0.5, 0.6) is 0 Å². The third-order valence-electron chi connectivity index (χ3n) is 3.44. The summed E-state index contributed by atoms with van der Waals surface area (Å²) in [5.74, 6) is -0.256. The summed E-state index contributed by atoms with van der Waals surface area (Å²) in [6.45, 7) is 0. The quantitative estimate of drug-likeness (QED) is 0.604. The molecule has 112 valence electrons. The average molecular weight is 341 g/mol. The third-order valence-corrected chi connectivity index (χ3v) is 4.00. The molecule has 1 heterocycles. The van der Waals surface area contributed by atoms with Crippen LogP contribution in [0.15, 0.2) is 54.7 Å². The van der Waals surface area contributed by atoms with E-state index in [0.29, 0.717) is 26.7 Å². The minimum Gasteiger partial charge on any atom is -0.282 e. The Balaban J connectivity index is 1.98. The SMILES string of the molecule is N#Cc1cn(C(=O)/C=C/c2ccc(Cl)cc2Cl)c2ccccc12. The number of hydrogen-bond acceptors (Lipinski definition) is 2. The number of allylic oxidation sites excluding steroid dienone is 1. The molecule has 0 unspecified atom stereocenters. The van der Waals surface area contributed by atoms with Crippen LogP contribution in [0.25, 0.3) is 17.0 Å². The van der Waals surface area contributed by atoms with Gasteiger partial charge in [0.15, 0.2) is 0 Å². The van der Waals surface area contributed by atoms with E-state index in [9.17, 15) is 10.1 Å². The first-order chi connectivity index (χ1) is 11.1. The summed E-state index contributed by atoms with van der Waals surface area (Å²) in [6, 6.07) is 14.4. The highest BCUT2D eigenvalue weighted by atomic mass is 35.5. The van der Waals surface area contributed by atoms with Crippen LogP contribution in [0.3, 0.4) is 0 Å². The second-order valence-corrected chi connectivity index (χ2v) is 5.72. The zero-order chi connectivity index (χ0) is 16.4. The number of nitriles is 1. The fourth-order valence-corrected chi connectivity index (χ4v) is 2.80. The van der Waals surface area contributed by atoms with E-state index in [1.807, 2.05) is 18.2 Å². The summed E-state index contributed by atoms with van der Waals surface area (Å²) in [5, 5.41) is 10.9. The van der Waals surface area contributed by atoms with E-state index in [2.05, 4.69) is 6.07 Å². The van der Waals surface area contributed by atoms with Crippen LogP contribution in [0, 0.1) is 11.3 Å². The maximum absolute atomic E-state index is 12.4. The van der Waals surface area contributed by atoms with Gasteiger partial charge in [0.2, 0.25) is 0 Å². The largest absolute Gasteiger partial charge is 0.282 e. The van der Waals surface area contributed by atoms with E-state index in [4.69, 9.17) is 23.2 Å². The van der Waals surface area contributed by atoms with Crippen LogP contribution in [0.1, 0.15) is 15.9 Å². The predicted octanol–water partition coefficient (Wildman–Crippen LogP) is 5.17. The Morgan fingerprint density at radius 3 is 2.70 bits per heavy atom. The summed E-state index contributed by atoms with van der Waals surface area (Å²) in [5.41, 5.74) is 1.86. The highest BCUT2D eigenvalue weighted by Gasteiger charge is 2.11. The Bertz CT molecular complexity index is 980. The lowest BCUT2D eigenvalue weighted by molar-refractivity contribution is 0.0974. The molecular weight excluding hydrogens is 331 g/mol. The molecule has 0 aliphatic carbocycles. The molecule has 1 aromatic heterocycles. The number of hydrogen-bond donors (Lipinski definition) is 0. The number of rotatable bonds is 2. The second-order valence-electron chi connectivity index (χ2n) is 4.88. The Labute approximate surface area is 143 Å². The first-order valence-corrected chi connectivity index (χ1v) is 7.53. The zero-order valence-corrected chi connectivity index (χ0v) is 13.3. The molecule has 0 saturated heterocycles. The minimum absolute atomic E-state index is 0.256. The van der Waals surface area contributed by atoms with Crippen LogP contribution in [-0.4, -0.2) is 10.5 Å². The van der Waals surface area contributed by atoms with Crippen molar-refractivity contribution in [3.05, 3.63) is 75.9 Å². The zero-order valence-electron chi connectivity index (χ0n) is 11.8. The van der Waals surface area contributed by atoms with Crippen molar-refractivity contribution < 1.29 is 4.79 Å². The maximum atomic E-state index is 12.4. The number of fused-ring (bicyclic) bond motifs is 1. The molecule has 0 aliphatic rings. The van der Waals surface area contributed by atoms with Gasteiger partial charge in [-0.15, -0.1) is 0 Å².